The molecule has 0 aromatic heterocycles. The van der Waals surface area contributed by atoms with E-state index in [2.05, 4.69) is 5.32 Å². The lowest BCUT2D eigenvalue weighted by molar-refractivity contribution is -0.140. The van der Waals surface area contributed by atoms with Gasteiger partial charge in [-0.25, -0.2) is 8.42 Å². The minimum Gasteiger partial charge on any atom is -0.493 e. The molecule has 0 spiro atoms. The molecular weight excluding hydrogens is 554 g/mol. The molecular formula is C32H39N3O6S. The average molecular weight is 594 g/mol. The van der Waals surface area contributed by atoms with E-state index in [1.807, 2.05) is 37.3 Å². The summed E-state index contributed by atoms with van der Waals surface area (Å²) >= 11 is 0. The zero-order chi connectivity index (χ0) is 30.1. The van der Waals surface area contributed by atoms with E-state index in [-0.39, 0.29) is 29.1 Å². The summed E-state index contributed by atoms with van der Waals surface area (Å²) in [6, 6.07) is 21.3. The summed E-state index contributed by atoms with van der Waals surface area (Å²) in [6.07, 6.45) is 4.32. The van der Waals surface area contributed by atoms with Crippen molar-refractivity contribution in [3.63, 3.8) is 0 Å². The van der Waals surface area contributed by atoms with E-state index in [4.69, 9.17) is 9.47 Å². The van der Waals surface area contributed by atoms with Crippen LogP contribution in [0.2, 0.25) is 0 Å². The highest BCUT2D eigenvalue weighted by Crippen LogP contribution is 2.34. The lowest BCUT2D eigenvalue weighted by Gasteiger charge is -2.34. The van der Waals surface area contributed by atoms with Crippen molar-refractivity contribution >= 4 is 27.5 Å². The van der Waals surface area contributed by atoms with Gasteiger partial charge in [-0.05, 0) is 49.1 Å². The molecule has 0 radical (unpaired) electrons. The van der Waals surface area contributed by atoms with Gasteiger partial charge in [-0.2, -0.15) is 0 Å². The van der Waals surface area contributed by atoms with Crippen molar-refractivity contribution < 1.29 is 27.5 Å². The third kappa shape index (κ3) is 7.23. The summed E-state index contributed by atoms with van der Waals surface area (Å²) in [4.78, 5) is 29.3. The first-order valence-electron chi connectivity index (χ1n) is 14.2. The monoisotopic (exact) mass is 593 g/mol. The Kier molecular flexibility index (Phi) is 10.5. The van der Waals surface area contributed by atoms with Gasteiger partial charge >= 0.3 is 0 Å². The average Bonchev–Trinajstić information content (AvgIpc) is 3.53. The SMILES string of the molecule is CC[C@H](C(=O)NC1CCCC1)N(Cc1ccccc1)C(=O)CN(c1ccc(OC)c(OC)c1)S(=O)(=O)c1ccccc1. The molecule has 42 heavy (non-hydrogen) atoms. The second-order valence-corrected chi connectivity index (χ2v) is 12.1. The maximum atomic E-state index is 14.2. The summed E-state index contributed by atoms with van der Waals surface area (Å²) in [5.41, 5.74) is 1.06. The Labute approximate surface area is 248 Å². The second-order valence-electron chi connectivity index (χ2n) is 10.3. The van der Waals surface area contributed by atoms with E-state index in [0.29, 0.717) is 17.9 Å². The first-order valence-corrected chi connectivity index (χ1v) is 15.7. The normalized spacial score (nSPS) is 14.2. The molecule has 1 aliphatic carbocycles. The highest BCUT2D eigenvalue weighted by molar-refractivity contribution is 7.92. The van der Waals surface area contributed by atoms with Gasteiger partial charge in [0.25, 0.3) is 10.0 Å². The molecule has 1 saturated carbocycles. The first kappa shape index (κ1) is 30.9. The van der Waals surface area contributed by atoms with Crippen LogP contribution in [0.3, 0.4) is 0 Å². The van der Waals surface area contributed by atoms with Crippen LogP contribution in [0, 0.1) is 0 Å². The van der Waals surface area contributed by atoms with Crippen LogP contribution in [0.25, 0.3) is 0 Å². The number of hydrogen-bond donors (Lipinski definition) is 1. The molecule has 0 aliphatic heterocycles. The topological polar surface area (TPSA) is 105 Å². The van der Waals surface area contributed by atoms with E-state index < -0.39 is 28.5 Å². The third-order valence-electron chi connectivity index (χ3n) is 7.55. The second kappa shape index (κ2) is 14.2. The molecule has 1 fully saturated rings. The van der Waals surface area contributed by atoms with Crippen LogP contribution in [-0.4, -0.2) is 58.0 Å². The largest absolute Gasteiger partial charge is 0.493 e. The number of nitrogens with one attached hydrogen (secondary N) is 1. The van der Waals surface area contributed by atoms with Gasteiger partial charge in [0, 0.05) is 18.7 Å². The lowest BCUT2D eigenvalue weighted by atomic mass is 10.1. The summed E-state index contributed by atoms with van der Waals surface area (Å²) in [5.74, 6) is 0.0167. The van der Waals surface area contributed by atoms with Gasteiger partial charge in [0.15, 0.2) is 11.5 Å². The lowest BCUT2D eigenvalue weighted by Crippen LogP contribution is -2.53. The van der Waals surface area contributed by atoms with E-state index in [1.54, 1.807) is 30.3 Å². The Morgan fingerprint density at radius 1 is 0.905 bits per heavy atom. The predicted molar refractivity (Wildman–Crippen MR) is 162 cm³/mol. The van der Waals surface area contributed by atoms with Crippen molar-refractivity contribution in [3.05, 3.63) is 84.4 Å². The van der Waals surface area contributed by atoms with Crippen LogP contribution in [0.5, 0.6) is 11.5 Å². The molecule has 0 heterocycles. The van der Waals surface area contributed by atoms with Crippen LogP contribution in [0.4, 0.5) is 5.69 Å². The molecule has 0 saturated heterocycles. The van der Waals surface area contributed by atoms with Crippen LogP contribution < -0.4 is 19.1 Å². The number of anilines is 1. The van der Waals surface area contributed by atoms with Crippen LogP contribution in [0.1, 0.15) is 44.6 Å². The molecule has 224 valence electrons. The Bertz CT molecular complexity index is 1440. The van der Waals surface area contributed by atoms with Gasteiger partial charge < -0.3 is 19.7 Å². The zero-order valence-electron chi connectivity index (χ0n) is 24.4. The summed E-state index contributed by atoms with van der Waals surface area (Å²) in [6.45, 7) is 1.49. The number of carbonyl (C=O) groups is 2. The standard InChI is InChI=1S/C32H39N3O6S/c1-4-28(32(37)33-25-15-11-12-16-25)34(22-24-13-7-5-8-14-24)31(36)23-35(42(38,39)27-17-9-6-10-18-27)26-19-20-29(40-2)30(21-26)41-3/h5-10,13-14,17-21,25,28H,4,11-12,15-16,22-23H2,1-3H3,(H,33,37)/t28-/m1/s1. The van der Waals surface area contributed by atoms with Gasteiger partial charge in [-0.1, -0.05) is 68.3 Å². The minimum atomic E-state index is -4.18. The molecule has 10 heteroatoms. The van der Waals surface area contributed by atoms with Crippen molar-refractivity contribution in [1.82, 2.24) is 10.2 Å². The molecule has 4 rings (SSSR count). The summed E-state index contributed by atoms with van der Waals surface area (Å²) < 4.78 is 39.9. The van der Waals surface area contributed by atoms with Crippen molar-refractivity contribution in [1.29, 1.82) is 0 Å². The fraction of sp³-hybridized carbons (Fsp3) is 0.375. The summed E-state index contributed by atoms with van der Waals surface area (Å²) in [5, 5.41) is 3.12. The third-order valence-corrected chi connectivity index (χ3v) is 9.34. The van der Waals surface area contributed by atoms with E-state index in [0.717, 1.165) is 35.6 Å². The maximum absolute atomic E-state index is 14.2. The molecule has 9 nitrogen and oxygen atoms in total. The molecule has 3 aromatic rings. The Balaban J connectivity index is 1.73. The van der Waals surface area contributed by atoms with Gasteiger partial charge in [0.1, 0.15) is 12.6 Å². The fourth-order valence-corrected chi connectivity index (χ4v) is 6.72. The molecule has 1 atom stereocenters. The van der Waals surface area contributed by atoms with Gasteiger partial charge in [-0.15, -0.1) is 0 Å². The van der Waals surface area contributed by atoms with Crippen LogP contribution in [0.15, 0.2) is 83.8 Å². The first-order chi connectivity index (χ1) is 20.3. The predicted octanol–water partition coefficient (Wildman–Crippen LogP) is 4.77. The molecule has 1 aliphatic rings. The Morgan fingerprint density at radius 2 is 1.52 bits per heavy atom. The zero-order valence-corrected chi connectivity index (χ0v) is 25.2. The summed E-state index contributed by atoms with van der Waals surface area (Å²) in [7, 11) is -1.24. The number of rotatable bonds is 13. The number of amides is 2. The van der Waals surface area contributed by atoms with Crippen molar-refractivity contribution in [2.24, 2.45) is 0 Å². The highest BCUT2D eigenvalue weighted by atomic mass is 32.2. The number of carbonyl (C=O) groups excluding carboxylic acids is 2. The molecule has 3 aromatic carbocycles. The fourth-order valence-electron chi connectivity index (χ4n) is 5.30. The van der Waals surface area contributed by atoms with E-state index in [9.17, 15) is 18.0 Å². The number of sulfonamides is 1. The van der Waals surface area contributed by atoms with Gasteiger partial charge in [0.05, 0.1) is 24.8 Å². The quantitative estimate of drug-likeness (QED) is 0.306. The molecule has 2 amide bonds. The Hall–Kier alpha value is -4.05. The molecule has 1 N–H and O–H groups in total. The van der Waals surface area contributed by atoms with Crippen LogP contribution >= 0.6 is 0 Å². The van der Waals surface area contributed by atoms with Gasteiger partial charge in [-0.3, -0.25) is 13.9 Å². The highest BCUT2D eigenvalue weighted by Gasteiger charge is 2.34. The number of ether oxygens (including phenoxy) is 2. The van der Waals surface area contributed by atoms with Crippen molar-refractivity contribution in [2.75, 3.05) is 25.1 Å². The smallest absolute Gasteiger partial charge is 0.264 e. The molecule has 0 unspecified atom stereocenters. The maximum Gasteiger partial charge on any atom is 0.264 e. The van der Waals surface area contributed by atoms with Crippen molar-refractivity contribution in [2.45, 2.75) is 62.6 Å². The number of hydrogen-bond acceptors (Lipinski definition) is 6. The number of nitrogens with zero attached hydrogens (tertiary/aromatic N) is 2. The number of benzene rings is 3. The van der Waals surface area contributed by atoms with Crippen LogP contribution in [-0.2, 0) is 26.2 Å². The van der Waals surface area contributed by atoms with Crippen molar-refractivity contribution in [3.8, 4) is 11.5 Å². The van der Waals surface area contributed by atoms with E-state index in [1.165, 1.54) is 37.3 Å². The molecule has 0 bridgehead atoms. The Morgan fingerprint density at radius 3 is 2.12 bits per heavy atom. The minimum absolute atomic E-state index is 0.0354. The van der Waals surface area contributed by atoms with Gasteiger partial charge in [0.2, 0.25) is 11.8 Å². The number of methoxy groups -OCH3 is 2. The van der Waals surface area contributed by atoms with E-state index >= 15 is 0 Å².